The Hall–Kier alpha value is -2.76. The molecule has 0 aliphatic heterocycles. The van der Waals surface area contributed by atoms with Crippen LogP contribution in [0.1, 0.15) is 5.56 Å². The van der Waals surface area contributed by atoms with E-state index in [1.165, 1.54) is 6.33 Å². The summed E-state index contributed by atoms with van der Waals surface area (Å²) in [5.41, 5.74) is 3.13. The predicted molar refractivity (Wildman–Crippen MR) is 75.8 cm³/mol. The number of aromatic nitrogens is 5. The first-order valence-electron chi connectivity index (χ1n) is 6.25. The minimum atomic E-state index is 0.699. The number of benzene rings is 1. The van der Waals surface area contributed by atoms with Gasteiger partial charge in [0.2, 0.25) is 0 Å². The average Bonchev–Trinajstić information content (AvgIpc) is 2.93. The van der Waals surface area contributed by atoms with Gasteiger partial charge in [0, 0.05) is 42.8 Å². The minimum Gasteiger partial charge on any atom is -0.381 e. The molecule has 6 heteroatoms. The fourth-order valence-corrected chi connectivity index (χ4v) is 1.91. The molecule has 2 aromatic heterocycles. The zero-order valence-corrected chi connectivity index (χ0v) is 11.1. The molecule has 1 aromatic carbocycles. The summed E-state index contributed by atoms with van der Waals surface area (Å²) in [5, 5.41) is 11.3. The van der Waals surface area contributed by atoms with Crippen LogP contribution < -0.4 is 5.32 Å². The molecular weight excluding hydrogens is 252 g/mol. The van der Waals surface area contributed by atoms with E-state index in [0.717, 1.165) is 22.6 Å². The van der Waals surface area contributed by atoms with Gasteiger partial charge in [-0.2, -0.15) is 0 Å². The zero-order valence-electron chi connectivity index (χ0n) is 11.1. The smallest absolute Gasteiger partial charge is 0.163 e. The largest absolute Gasteiger partial charge is 0.381 e. The van der Waals surface area contributed by atoms with Gasteiger partial charge in [0.25, 0.3) is 0 Å². The van der Waals surface area contributed by atoms with Gasteiger partial charge in [-0.25, -0.2) is 9.97 Å². The first-order chi connectivity index (χ1) is 9.83. The molecule has 1 N–H and O–H groups in total. The molecule has 0 aliphatic rings. The highest BCUT2D eigenvalue weighted by molar-refractivity contribution is 5.59. The number of nitrogens with one attached hydrogen (secondary N) is 1. The summed E-state index contributed by atoms with van der Waals surface area (Å²) in [4.78, 5) is 7.97. The molecule has 0 atom stereocenters. The molecule has 0 amide bonds. The van der Waals surface area contributed by atoms with Crippen LogP contribution in [-0.2, 0) is 13.6 Å². The predicted octanol–water partition coefficient (Wildman–Crippen LogP) is 1.88. The number of aryl methyl sites for hydroxylation is 1. The quantitative estimate of drug-likeness (QED) is 0.781. The molecule has 0 bridgehead atoms. The first-order valence-corrected chi connectivity index (χ1v) is 6.25. The highest BCUT2D eigenvalue weighted by Crippen LogP contribution is 2.18. The fourth-order valence-electron chi connectivity index (χ4n) is 1.91. The van der Waals surface area contributed by atoms with Gasteiger partial charge in [-0.3, -0.25) is 0 Å². The second-order valence-corrected chi connectivity index (χ2v) is 4.44. The number of anilines is 1. The van der Waals surface area contributed by atoms with Gasteiger partial charge in [0.15, 0.2) is 5.82 Å². The standard InChI is InChI=1S/C14H14N6/c1-20-10-18-19-14(20)12-2-4-13(5-3-12)17-8-11-6-15-9-16-7-11/h2-7,9-10,17H,8H2,1H3. The van der Waals surface area contributed by atoms with Crippen molar-refractivity contribution in [2.24, 2.45) is 7.05 Å². The van der Waals surface area contributed by atoms with E-state index in [-0.39, 0.29) is 0 Å². The van der Waals surface area contributed by atoms with Gasteiger partial charge in [-0.15, -0.1) is 10.2 Å². The van der Waals surface area contributed by atoms with Gasteiger partial charge in [-0.1, -0.05) is 0 Å². The molecule has 0 aliphatic carbocycles. The second kappa shape index (κ2) is 5.48. The molecule has 0 spiro atoms. The topological polar surface area (TPSA) is 68.5 Å². The molecule has 6 nitrogen and oxygen atoms in total. The van der Waals surface area contributed by atoms with Gasteiger partial charge in [-0.05, 0) is 24.3 Å². The molecule has 100 valence electrons. The lowest BCUT2D eigenvalue weighted by atomic mass is 10.2. The molecule has 0 unspecified atom stereocenters. The molecular formula is C14H14N6. The van der Waals surface area contributed by atoms with Crippen LogP contribution in [0.4, 0.5) is 5.69 Å². The zero-order chi connectivity index (χ0) is 13.8. The van der Waals surface area contributed by atoms with E-state index >= 15 is 0 Å². The summed E-state index contributed by atoms with van der Waals surface area (Å²) in [5.74, 6) is 0.855. The summed E-state index contributed by atoms with van der Waals surface area (Å²) < 4.78 is 1.89. The molecule has 3 aromatic rings. The van der Waals surface area contributed by atoms with Crippen LogP contribution in [-0.4, -0.2) is 24.7 Å². The lowest BCUT2D eigenvalue weighted by Gasteiger charge is -2.07. The van der Waals surface area contributed by atoms with Gasteiger partial charge in [0.05, 0.1) is 0 Å². The summed E-state index contributed by atoms with van der Waals surface area (Å²) in [6.45, 7) is 0.699. The van der Waals surface area contributed by atoms with Crippen LogP contribution in [0.3, 0.4) is 0 Å². The van der Waals surface area contributed by atoms with E-state index < -0.39 is 0 Å². The lowest BCUT2D eigenvalue weighted by Crippen LogP contribution is -2.00. The fraction of sp³-hybridized carbons (Fsp3) is 0.143. The highest BCUT2D eigenvalue weighted by Gasteiger charge is 2.03. The summed E-state index contributed by atoms with van der Waals surface area (Å²) in [6, 6.07) is 8.09. The van der Waals surface area contributed by atoms with Crippen LogP contribution in [0.15, 0.2) is 49.3 Å². The lowest BCUT2D eigenvalue weighted by molar-refractivity contribution is 0.920. The Morgan fingerprint density at radius 1 is 1.10 bits per heavy atom. The van der Waals surface area contributed by atoms with Crippen LogP contribution in [0.25, 0.3) is 11.4 Å². The Morgan fingerprint density at radius 3 is 2.50 bits per heavy atom. The summed E-state index contributed by atoms with van der Waals surface area (Å²) in [6.07, 6.45) is 6.82. The van der Waals surface area contributed by atoms with E-state index in [0.29, 0.717) is 6.54 Å². The number of nitrogens with zero attached hydrogens (tertiary/aromatic N) is 5. The monoisotopic (exact) mass is 266 g/mol. The summed E-state index contributed by atoms with van der Waals surface area (Å²) in [7, 11) is 1.93. The van der Waals surface area contributed by atoms with Crippen molar-refractivity contribution >= 4 is 5.69 Å². The molecule has 20 heavy (non-hydrogen) atoms. The van der Waals surface area contributed by atoms with Gasteiger partial charge in [0.1, 0.15) is 12.7 Å². The number of rotatable bonds is 4. The Balaban J connectivity index is 1.69. The van der Waals surface area contributed by atoms with Crippen molar-refractivity contribution < 1.29 is 0 Å². The Kier molecular flexibility index (Phi) is 3.36. The van der Waals surface area contributed by atoms with Crippen LogP contribution in [0.5, 0.6) is 0 Å². The molecule has 3 rings (SSSR count). The van der Waals surface area contributed by atoms with Crippen LogP contribution in [0.2, 0.25) is 0 Å². The highest BCUT2D eigenvalue weighted by atomic mass is 15.2. The van der Waals surface area contributed by atoms with Crippen molar-refractivity contribution in [2.75, 3.05) is 5.32 Å². The van der Waals surface area contributed by atoms with E-state index in [1.54, 1.807) is 18.7 Å². The maximum Gasteiger partial charge on any atom is 0.163 e. The third-order valence-electron chi connectivity index (χ3n) is 2.97. The van der Waals surface area contributed by atoms with E-state index in [4.69, 9.17) is 0 Å². The SMILES string of the molecule is Cn1cnnc1-c1ccc(NCc2cncnc2)cc1. The average molecular weight is 266 g/mol. The molecule has 2 heterocycles. The van der Waals surface area contributed by atoms with Crippen LogP contribution in [0, 0.1) is 0 Å². The van der Waals surface area contributed by atoms with Crippen molar-refractivity contribution in [1.82, 2.24) is 24.7 Å². The van der Waals surface area contributed by atoms with E-state index in [9.17, 15) is 0 Å². The van der Waals surface area contributed by atoms with Crippen molar-refractivity contribution in [3.8, 4) is 11.4 Å². The molecule has 0 fully saturated rings. The van der Waals surface area contributed by atoms with E-state index in [2.05, 4.69) is 25.5 Å². The van der Waals surface area contributed by atoms with Crippen molar-refractivity contribution in [1.29, 1.82) is 0 Å². The van der Waals surface area contributed by atoms with Crippen molar-refractivity contribution in [3.05, 3.63) is 54.9 Å². The van der Waals surface area contributed by atoms with Gasteiger partial charge >= 0.3 is 0 Å². The molecule has 0 saturated heterocycles. The maximum atomic E-state index is 4.09. The third kappa shape index (κ3) is 2.64. The van der Waals surface area contributed by atoms with Crippen molar-refractivity contribution in [2.45, 2.75) is 6.54 Å². The first kappa shape index (κ1) is 12.3. The number of hydrogen-bond donors (Lipinski definition) is 1. The minimum absolute atomic E-state index is 0.699. The Morgan fingerprint density at radius 2 is 1.85 bits per heavy atom. The Labute approximate surface area is 116 Å². The molecule has 0 radical (unpaired) electrons. The van der Waals surface area contributed by atoms with Crippen LogP contribution >= 0.6 is 0 Å². The van der Waals surface area contributed by atoms with E-state index in [1.807, 2.05) is 35.9 Å². The Bertz CT molecular complexity index is 674. The summed E-state index contributed by atoms with van der Waals surface area (Å²) >= 11 is 0. The number of hydrogen-bond acceptors (Lipinski definition) is 5. The maximum absolute atomic E-state index is 4.09. The molecule has 0 saturated carbocycles. The second-order valence-electron chi connectivity index (χ2n) is 4.44. The normalized spacial score (nSPS) is 10.4. The van der Waals surface area contributed by atoms with Gasteiger partial charge < -0.3 is 9.88 Å². The van der Waals surface area contributed by atoms with Crippen molar-refractivity contribution in [3.63, 3.8) is 0 Å². The third-order valence-corrected chi connectivity index (χ3v) is 2.97.